The minimum absolute atomic E-state index is 0.0914. The quantitative estimate of drug-likeness (QED) is 0.725. The van der Waals surface area contributed by atoms with E-state index in [0.29, 0.717) is 16.6 Å². The van der Waals surface area contributed by atoms with Crippen molar-refractivity contribution in [2.45, 2.75) is 44.9 Å². The van der Waals surface area contributed by atoms with Crippen molar-refractivity contribution in [2.75, 3.05) is 17.7 Å². The van der Waals surface area contributed by atoms with E-state index in [9.17, 15) is 9.59 Å². The molecule has 1 atom stereocenters. The number of carbonyl (C=O) groups is 2. The van der Waals surface area contributed by atoms with Crippen LogP contribution in [0.15, 0.2) is 18.2 Å². The summed E-state index contributed by atoms with van der Waals surface area (Å²) in [6, 6.07) is 5.40. The molecule has 0 saturated carbocycles. The standard InChI is InChI=1S/C18H22N4O3S/c1-3-4-5-9-15-21-22-18(26-15)20-17(24)12-10-14(23)19-16-11(12)7-6-8-13(16)25-2/h6-8,12H,3-5,9-10H2,1-2H3,(H,19,23)(H,20,22,24). The van der Waals surface area contributed by atoms with Gasteiger partial charge in [-0.15, -0.1) is 10.2 Å². The maximum atomic E-state index is 12.8. The van der Waals surface area contributed by atoms with Gasteiger partial charge >= 0.3 is 0 Å². The largest absolute Gasteiger partial charge is 0.495 e. The second kappa shape index (κ2) is 8.27. The van der Waals surface area contributed by atoms with Crippen LogP contribution in [-0.4, -0.2) is 29.1 Å². The Kier molecular flexibility index (Phi) is 5.82. The van der Waals surface area contributed by atoms with Crippen LogP contribution in [0.2, 0.25) is 0 Å². The molecule has 1 aromatic heterocycles. The molecule has 1 unspecified atom stereocenters. The summed E-state index contributed by atoms with van der Waals surface area (Å²) in [6.07, 6.45) is 4.32. The summed E-state index contributed by atoms with van der Waals surface area (Å²) < 4.78 is 5.29. The minimum atomic E-state index is -0.582. The fourth-order valence-corrected chi connectivity index (χ4v) is 3.77. The first-order chi connectivity index (χ1) is 12.6. The summed E-state index contributed by atoms with van der Waals surface area (Å²) in [5, 5.41) is 15.2. The van der Waals surface area contributed by atoms with Crippen LogP contribution >= 0.6 is 11.3 Å². The molecule has 138 valence electrons. The molecule has 0 spiro atoms. The number of hydrogen-bond acceptors (Lipinski definition) is 6. The SMILES string of the molecule is CCCCCc1nnc(NC(=O)C2CC(=O)Nc3c(OC)cccc32)s1. The van der Waals surface area contributed by atoms with E-state index < -0.39 is 5.92 Å². The van der Waals surface area contributed by atoms with Gasteiger partial charge in [0.15, 0.2) is 0 Å². The minimum Gasteiger partial charge on any atom is -0.495 e. The third-order valence-electron chi connectivity index (χ3n) is 4.32. The zero-order valence-corrected chi connectivity index (χ0v) is 15.7. The molecule has 2 aromatic rings. The maximum absolute atomic E-state index is 12.8. The molecule has 3 rings (SSSR count). The van der Waals surface area contributed by atoms with E-state index in [2.05, 4.69) is 27.8 Å². The Morgan fingerprint density at radius 1 is 1.38 bits per heavy atom. The van der Waals surface area contributed by atoms with Crippen LogP contribution in [0.1, 0.15) is 49.1 Å². The number of rotatable bonds is 7. The van der Waals surface area contributed by atoms with E-state index in [0.717, 1.165) is 36.3 Å². The maximum Gasteiger partial charge on any atom is 0.234 e. The van der Waals surface area contributed by atoms with Gasteiger partial charge in [-0.2, -0.15) is 0 Å². The van der Waals surface area contributed by atoms with Crippen LogP contribution in [0.3, 0.4) is 0 Å². The van der Waals surface area contributed by atoms with Crippen molar-refractivity contribution in [1.29, 1.82) is 0 Å². The van der Waals surface area contributed by atoms with Crippen molar-refractivity contribution in [1.82, 2.24) is 10.2 Å². The fraction of sp³-hybridized carbons (Fsp3) is 0.444. The first-order valence-electron chi connectivity index (χ1n) is 8.72. The van der Waals surface area contributed by atoms with Crippen molar-refractivity contribution in [3.05, 3.63) is 28.8 Å². The number of nitrogens with one attached hydrogen (secondary N) is 2. The number of para-hydroxylation sites is 1. The summed E-state index contributed by atoms with van der Waals surface area (Å²) in [7, 11) is 1.53. The molecule has 0 radical (unpaired) electrons. The van der Waals surface area contributed by atoms with E-state index in [4.69, 9.17) is 4.74 Å². The molecule has 1 aliphatic heterocycles. The van der Waals surface area contributed by atoms with Crippen molar-refractivity contribution < 1.29 is 14.3 Å². The molecule has 0 fully saturated rings. The van der Waals surface area contributed by atoms with Crippen LogP contribution in [0.5, 0.6) is 5.75 Å². The number of aromatic nitrogens is 2. The van der Waals surface area contributed by atoms with Crippen molar-refractivity contribution in [3.63, 3.8) is 0 Å². The van der Waals surface area contributed by atoms with E-state index in [1.807, 2.05) is 12.1 Å². The van der Waals surface area contributed by atoms with Crippen molar-refractivity contribution in [3.8, 4) is 5.75 Å². The van der Waals surface area contributed by atoms with Gasteiger partial charge in [-0.25, -0.2) is 0 Å². The van der Waals surface area contributed by atoms with Gasteiger partial charge in [0.2, 0.25) is 16.9 Å². The topological polar surface area (TPSA) is 93.2 Å². The molecule has 0 aliphatic carbocycles. The van der Waals surface area contributed by atoms with Gasteiger partial charge in [-0.1, -0.05) is 43.2 Å². The lowest BCUT2D eigenvalue weighted by Crippen LogP contribution is -2.31. The zero-order chi connectivity index (χ0) is 18.5. The molecule has 2 heterocycles. The second-order valence-electron chi connectivity index (χ2n) is 6.18. The molecule has 26 heavy (non-hydrogen) atoms. The number of fused-ring (bicyclic) bond motifs is 1. The Morgan fingerprint density at radius 3 is 3.00 bits per heavy atom. The summed E-state index contributed by atoms with van der Waals surface area (Å²) in [5.41, 5.74) is 1.30. The Labute approximate surface area is 156 Å². The normalized spacial score (nSPS) is 15.9. The fourth-order valence-electron chi connectivity index (χ4n) is 2.99. The molecule has 2 N–H and O–H groups in total. The second-order valence-corrected chi connectivity index (χ2v) is 7.24. The van der Waals surface area contributed by atoms with Gasteiger partial charge in [0.1, 0.15) is 10.8 Å². The molecule has 0 saturated heterocycles. The van der Waals surface area contributed by atoms with Gasteiger partial charge < -0.3 is 10.1 Å². The molecule has 0 bridgehead atoms. The predicted octanol–water partition coefficient (Wildman–Crippen LogP) is 3.34. The highest BCUT2D eigenvalue weighted by molar-refractivity contribution is 7.15. The van der Waals surface area contributed by atoms with Gasteiger partial charge in [0, 0.05) is 12.8 Å². The lowest BCUT2D eigenvalue weighted by molar-refractivity contribution is -0.123. The number of benzene rings is 1. The van der Waals surface area contributed by atoms with Crippen LogP contribution in [0, 0.1) is 0 Å². The predicted molar refractivity (Wildman–Crippen MR) is 101 cm³/mol. The number of aryl methyl sites for hydroxylation is 1. The van der Waals surface area contributed by atoms with Crippen LogP contribution in [0.4, 0.5) is 10.8 Å². The Balaban J connectivity index is 1.74. The number of amides is 2. The molecule has 7 nitrogen and oxygen atoms in total. The van der Waals surface area contributed by atoms with Crippen molar-refractivity contribution in [2.24, 2.45) is 0 Å². The number of carbonyl (C=O) groups excluding carboxylic acids is 2. The van der Waals surface area contributed by atoms with Gasteiger partial charge in [0.25, 0.3) is 0 Å². The molecule has 8 heteroatoms. The third kappa shape index (κ3) is 4.01. The number of hydrogen-bond donors (Lipinski definition) is 2. The number of anilines is 2. The van der Waals surface area contributed by atoms with Crippen LogP contribution in [-0.2, 0) is 16.0 Å². The number of unbranched alkanes of at least 4 members (excludes halogenated alkanes) is 2. The highest BCUT2D eigenvalue weighted by atomic mass is 32.1. The van der Waals surface area contributed by atoms with Crippen LogP contribution in [0.25, 0.3) is 0 Å². The third-order valence-corrected chi connectivity index (χ3v) is 5.21. The first-order valence-corrected chi connectivity index (χ1v) is 9.54. The average Bonchev–Trinajstić information content (AvgIpc) is 3.08. The summed E-state index contributed by atoms with van der Waals surface area (Å²) in [4.78, 5) is 24.8. The lowest BCUT2D eigenvalue weighted by atomic mass is 9.89. The monoisotopic (exact) mass is 374 g/mol. The van der Waals surface area contributed by atoms with E-state index in [-0.39, 0.29) is 18.2 Å². The first kappa shape index (κ1) is 18.3. The Bertz CT molecular complexity index is 805. The van der Waals surface area contributed by atoms with Crippen molar-refractivity contribution >= 4 is 34.0 Å². The smallest absolute Gasteiger partial charge is 0.234 e. The molecule has 1 aromatic carbocycles. The Hall–Kier alpha value is -2.48. The van der Waals surface area contributed by atoms with Gasteiger partial charge in [-0.3, -0.25) is 14.9 Å². The average molecular weight is 374 g/mol. The molecule has 1 aliphatic rings. The van der Waals surface area contributed by atoms with E-state index >= 15 is 0 Å². The number of ether oxygens (including phenoxy) is 1. The van der Waals surface area contributed by atoms with E-state index in [1.165, 1.54) is 18.4 Å². The summed E-state index contributed by atoms with van der Waals surface area (Å²) in [6.45, 7) is 2.15. The molecular weight excluding hydrogens is 352 g/mol. The van der Waals surface area contributed by atoms with Gasteiger partial charge in [0.05, 0.1) is 18.7 Å². The van der Waals surface area contributed by atoms with Crippen LogP contribution < -0.4 is 15.4 Å². The highest BCUT2D eigenvalue weighted by Crippen LogP contribution is 2.39. The zero-order valence-electron chi connectivity index (χ0n) is 14.9. The summed E-state index contributed by atoms with van der Waals surface area (Å²) >= 11 is 1.39. The number of methoxy groups -OCH3 is 1. The number of nitrogens with zero attached hydrogens (tertiary/aromatic N) is 2. The highest BCUT2D eigenvalue weighted by Gasteiger charge is 2.32. The Morgan fingerprint density at radius 2 is 2.23 bits per heavy atom. The van der Waals surface area contributed by atoms with Gasteiger partial charge in [-0.05, 0) is 18.1 Å². The summed E-state index contributed by atoms with van der Waals surface area (Å²) in [5.74, 6) is -0.506. The lowest BCUT2D eigenvalue weighted by Gasteiger charge is -2.25. The van der Waals surface area contributed by atoms with E-state index in [1.54, 1.807) is 6.07 Å². The molecule has 2 amide bonds. The molecular formula is C18H22N4O3S.